The first-order valence-electron chi connectivity index (χ1n) is 6.07. The molecule has 0 bridgehead atoms. The third-order valence-corrected chi connectivity index (χ3v) is 5.98. The predicted molar refractivity (Wildman–Crippen MR) is 72.9 cm³/mol. The van der Waals surface area contributed by atoms with Gasteiger partial charge in [-0.15, -0.1) is 0 Å². The lowest BCUT2D eigenvalue weighted by atomic mass is 10.1. The van der Waals surface area contributed by atoms with Gasteiger partial charge in [0, 0.05) is 16.2 Å². The summed E-state index contributed by atoms with van der Waals surface area (Å²) in [7, 11) is 0.811. The van der Waals surface area contributed by atoms with Crippen LogP contribution < -0.4 is 5.32 Å². The van der Waals surface area contributed by atoms with Crippen LogP contribution in [0.4, 0.5) is 4.39 Å². The average molecular weight is 290 g/mol. The Labute approximate surface area is 114 Å². The van der Waals surface area contributed by atoms with Gasteiger partial charge < -0.3 is 5.32 Å². The van der Waals surface area contributed by atoms with Crippen LogP contribution in [0.25, 0.3) is 0 Å². The van der Waals surface area contributed by atoms with E-state index in [2.05, 4.69) is 12.2 Å². The standard InChI is InChI=1S/C13H17ClFNOS/c1-8-12(16-2)5-6-13(8)18(17)9-3-4-11(15)10(14)7-9/h3-4,7-8,12-13,16H,5-6H2,1-2H3. The van der Waals surface area contributed by atoms with Gasteiger partial charge in [-0.25, -0.2) is 4.39 Å². The van der Waals surface area contributed by atoms with Gasteiger partial charge in [0.15, 0.2) is 0 Å². The molecule has 2 rings (SSSR count). The molecular weight excluding hydrogens is 273 g/mol. The molecule has 1 aromatic rings. The van der Waals surface area contributed by atoms with Crippen molar-refractivity contribution in [3.05, 3.63) is 29.0 Å². The molecule has 0 amide bonds. The van der Waals surface area contributed by atoms with E-state index in [1.54, 1.807) is 6.07 Å². The molecule has 4 unspecified atom stereocenters. The molecule has 1 aliphatic carbocycles. The van der Waals surface area contributed by atoms with E-state index in [1.807, 2.05) is 7.05 Å². The highest BCUT2D eigenvalue weighted by Gasteiger charge is 2.36. The summed E-state index contributed by atoms with van der Waals surface area (Å²) in [4.78, 5) is 0.620. The van der Waals surface area contributed by atoms with Crippen molar-refractivity contribution in [3.8, 4) is 0 Å². The van der Waals surface area contributed by atoms with Crippen molar-refractivity contribution in [3.63, 3.8) is 0 Å². The van der Waals surface area contributed by atoms with E-state index in [-0.39, 0.29) is 10.3 Å². The van der Waals surface area contributed by atoms with E-state index >= 15 is 0 Å². The number of nitrogens with one attached hydrogen (secondary N) is 1. The summed E-state index contributed by atoms with van der Waals surface area (Å²) in [5.74, 6) is -0.121. The van der Waals surface area contributed by atoms with Crippen LogP contribution in [0, 0.1) is 11.7 Å². The van der Waals surface area contributed by atoms with Crippen molar-refractivity contribution < 1.29 is 8.60 Å². The van der Waals surface area contributed by atoms with E-state index < -0.39 is 16.6 Å². The summed E-state index contributed by atoms with van der Waals surface area (Å²) < 4.78 is 25.6. The molecule has 0 saturated heterocycles. The molecule has 5 heteroatoms. The molecule has 100 valence electrons. The van der Waals surface area contributed by atoms with Crippen molar-refractivity contribution in [1.82, 2.24) is 5.32 Å². The van der Waals surface area contributed by atoms with Crippen LogP contribution >= 0.6 is 11.6 Å². The van der Waals surface area contributed by atoms with Gasteiger partial charge in [-0.3, -0.25) is 4.21 Å². The van der Waals surface area contributed by atoms with E-state index in [9.17, 15) is 8.60 Å². The molecule has 0 radical (unpaired) electrons. The van der Waals surface area contributed by atoms with Gasteiger partial charge in [-0.1, -0.05) is 18.5 Å². The minimum absolute atomic E-state index is 0.0386. The van der Waals surface area contributed by atoms with Crippen LogP contribution in [-0.4, -0.2) is 22.5 Å². The van der Waals surface area contributed by atoms with Crippen LogP contribution in [0.3, 0.4) is 0 Å². The monoisotopic (exact) mass is 289 g/mol. The smallest absolute Gasteiger partial charge is 0.141 e. The SMILES string of the molecule is CNC1CCC(S(=O)c2ccc(F)c(Cl)c2)C1C. The number of rotatable bonds is 3. The van der Waals surface area contributed by atoms with Crippen molar-refractivity contribution in [1.29, 1.82) is 0 Å². The molecule has 0 spiro atoms. The average Bonchev–Trinajstić information content (AvgIpc) is 2.73. The summed E-state index contributed by atoms with van der Waals surface area (Å²) in [6.07, 6.45) is 1.96. The minimum atomic E-state index is -1.12. The fourth-order valence-electron chi connectivity index (χ4n) is 2.61. The highest BCUT2D eigenvalue weighted by molar-refractivity contribution is 7.85. The molecule has 4 atom stereocenters. The van der Waals surface area contributed by atoms with Crippen molar-refractivity contribution in [2.75, 3.05) is 7.05 Å². The van der Waals surface area contributed by atoms with Crippen molar-refractivity contribution in [2.24, 2.45) is 5.92 Å². The maximum absolute atomic E-state index is 13.1. The molecule has 1 fully saturated rings. The zero-order valence-corrected chi connectivity index (χ0v) is 12.0. The molecule has 1 aromatic carbocycles. The molecule has 0 aliphatic heterocycles. The Hall–Kier alpha value is -0.450. The fraction of sp³-hybridized carbons (Fsp3) is 0.538. The lowest BCUT2D eigenvalue weighted by Gasteiger charge is -2.20. The number of benzene rings is 1. The number of halogens is 2. The second-order valence-electron chi connectivity index (χ2n) is 4.74. The summed E-state index contributed by atoms with van der Waals surface area (Å²) in [5, 5.41) is 3.40. The zero-order chi connectivity index (χ0) is 13.3. The van der Waals surface area contributed by atoms with Gasteiger partial charge in [0.2, 0.25) is 0 Å². The normalized spacial score (nSPS) is 29.4. The van der Waals surface area contributed by atoms with E-state index in [0.29, 0.717) is 16.9 Å². The van der Waals surface area contributed by atoms with E-state index in [4.69, 9.17) is 11.6 Å². The summed E-state index contributed by atoms with van der Waals surface area (Å²) in [6, 6.07) is 4.74. The Morgan fingerprint density at radius 3 is 2.72 bits per heavy atom. The van der Waals surface area contributed by atoms with Gasteiger partial charge in [-0.2, -0.15) is 0 Å². The maximum atomic E-state index is 13.1. The minimum Gasteiger partial charge on any atom is -0.317 e. The zero-order valence-electron chi connectivity index (χ0n) is 10.5. The lowest BCUT2D eigenvalue weighted by Crippen LogP contribution is -2.32. The largest absolute Gasteiger partial charge is 0.317 e. The Bertz CT molecular complexity index is 468. The van der Waals surface area contributed by atoms with Crippen LogP contribution in [0.5, 0.6) is 0 Å². The first-order chi connectivity index (χ1) is 8.54. The first kappa shape index (κ1) is 14.0. The summed E-state index contributed by atoms with van der Waals surface area (Å²) in [5.41, 5.74) is 0. The van der Waals surface area contributed by atoms with Crippen LogP contribution in [0.2, 0.25) is 5.02 Å². The highest BCUT2D eigenvalue weighted by atomic mass is 35.5. The summed E-state index contributed by atoms with van der Waals surface area (Å²) in [6.45, 7) is 2.11. The lowest BCUT2D eigenvalue weighted by molar-refractivity contribution is 0.460. The van der Waals surface area contributed by atoms with Crippen LogP contribution in [-0.2, 0) is 10.8 Å². The predicted octanol–water partition coefficient (Wildman–Crippen LogP) is 2.97. The van der Waals surface area contributed by atoms with E-state index in [1.165, 1.54) is 12.1 Å². The van der Waals surface area contributed by atoms with Crippen LogP contribution in [0.1, 0.15) is 19.8 Å². The Kier molecular flexibility index (Phi) is 4.41. The van der Waals surface area contributed by atoms with Gasteiger partial charge >= 0.3 is 0 Å². The maximum Gasteiger partial charge on any atom is 0.141 e. The van der Waals surface area contributed by atoms with Gasteiger partial charge in [0.1, 0.15) is 5.82 Å². The molecule has 2 nitrogen and oxygen atoms in total. The molecule has 18 heavy (non-hydrogen) atoms. The molecule has 0 aromatic heterocycles. The Balaban J connectivity index is 2.19. The van der Waals surface area contributed by atoms with Gasteiger partial charge in [0.05, 0.1) is 15.8 Å². The first-order valence-corrected chi connectivity index (χ1v) is 7.66. The molecule has 0 heterocycles. The third-order valence-electron chi connectivity index (χ3n) is 3.75. The van der Waals surface area contributed by atoms with Crippen LogP contribution in [0.15, 0.2) is 23.1 Å². The number of hydrogen-bond acceptors (Lipinski definition) is 2. The quantitative estimate of drug-likeness (QED) is 0.927. The fourth-order valence-corrected chi connectivity index (χ4v) is 4.58. The highest BCUT2D eigenvalue weighted by Crippen LogP contribution is 2.33. The Morgan fingerprint density at radius 2 is 2.17 bits per heavy atom. The third kappa shape index (κ3) is 2.60. The second-order valence-corrected chi connectivity index (χ2v) is 6.82. The van der Waals surface area contributed by atoms with E-state index in [0.717, 1.165) is 12.8 Å². The summed E-state index contributed by atoms with van der Waals surface area (Å²) >= 11 is 5.74. The topological polar surface area (TPSA) is 29.1 Å². The second kappa shape index (κ2) is 5.68. The molecule has 1 saturated carbocycles. The van der Waals surface area contributed by atoms with Crippen molar-refractivity contribution in [2.45, 2.75) is 36.0 Å². The Morgan fingerprint density at radius 1 is 1.44 bits per heavy atom. The van der Waals surface area contributed by atoms with Gasteiger partial charge in [0.25, 0.3) is 0 Å². The van der Waals surface area contributed by atoms with Gasteiger partial charge in [-0.05, 0) is 44.0 Å². The molecular formula is C13H17ClFNOS. The molecule has 1 aliphatic rings. The molecule has 1 N–H and O–H groups in total. The number of hydrogen-bond donors (Lipinski definition) is 1. The van der Waals surface area contributed by atoms with Crippen molar-refractivity contribution >= 4 is 22.4 Å².